The van der Waals surface area contributed by atoms with Gasteiger partial charge in [-0.25, -0.2) is 0 Å². The van der Waals surface area contributed by atoms with Gasteiger partial charge in [-0.2, -0.15) is 4.98 Å². The van der Waals surface area contributed by atoms with E-state index in [1.54, 1.807) is 19.2 Å². The molecule has 0 aliphatic carbocycles. The van der Waals surface area contributed by atoms with Crippen LogP contribution in [0.25, 0.3) is 0 Å². The summed E-state index contributed by atoms with van der Waals surface area (Å²) < 4.78 is 21.8. The molecular weight excluding hydrogens is 384 g/mol. The average molecular weight is 415 g/mol. The Kier molecular flexibility index (Phi) is 6.95. The second kappa shape index (κ2) is 9.45. The molecule has 0 spiro atoms. The van der Waals surface area contributed by atoms with Crippen LogP contribution < -0.4 is 14.8 Å². The quantitative estimate of drug-likeness (QED) is 0.676. The summed E-state index contributed by atoms with van der Waals surface area (Å²) in [5.74, 6) is 0.847. The van der Waals surface area contributed by atoms with Gasteiger partial charge in [-0.15, -0.1) is 0 Å². The average Bonchev–Trinajstić information content (AvgIpc) is 2.69. The third-order valence-corrected chi connectivity index (χ3v) is 5.24. The lowest BCUT2D eigenvalue weighted by molar-refractivity contribution is -0.139. The van der Waals surface area contributed by atoms with Gasteiger partial charge >= 0.3 is 0 Å². The highest BCUT2D eigenvalue weighted by molar-refractivity contribution is 6.01. The van der Waals surface area contributed by atoms with Gasteiger partial charge in [-0.05, 0) is 30.0 Å². The van der Waals surface area contributed by atoms with Crippen molar-refractivity contribution in [1.29, 1.82) is 0 Å². The molecule has 1 atom stereocenters. The van der Waals surface area contributed by atoms with Crippen LogP contribution in [0, 0.1) is 0 Å². The van der Waals surface area contributed by atoms with Crippen LogP contribution in [0.1, 0.15) is 37.8 Å². The van der Waals surface area contributed by atoms with E-state index in [1.165, 1.54) is 7.11 Å². The smallest absolute Gasteiger partial charge is 0.241 e. The number of carbonyl (C=O) groups is 1. The lowest BCUT2D eigenvalue weighted by atomic mass is 9.73. The van der Waals surface area contributed by atoms with Gasteiger partial charge in [-0.1, -0.05) is 38.1 Å². The summed E-state index contributed by atoms with van der Waals surface area (Å²) in [5, 5.41) is 3.01. The molecule has 1 aromatic heterocycles. The second-order valence-corrected chi connectivity index (χ2v) is 7.86. The van der Waals surface area contributed by atoms with E-state index in [9.17, 15) is 4.79 Å². The van der Waals surface area contributed by atoms with Crippen LogP contribution in [0.4, 0.5) is 5.69 Å². The van der Waals surface area contributed by atoms with Crippen LogP contribution >= 0.6 is 0 Å². The molecule has 30 heavy (non-hydrogen) atoms. The molecule has 2 aromatic rings. The van der Waals surface area contributed by atoms with Gasteiger partial charge in [0.05, 0.1) is 26.9 Å². The Morgan fingerprint density at radius 2 is 1.90 bits per heavy atom. The predicted molar refractivity (Wildman–Crippen MR) is 114 cm³/mol. The van der Waals surface area contributed by atoms with Gasteiger partial charge in [-0.3, -0.25) is 4.79 Å². The van der Waals surface area contributed by atoms with Crippen molar-refractivity contribution in [2.24, 2.45) is 0 Å². The maximum absolute atomic E-state index is 13.5. The van der Waals surface area contributed by atoms with Crippen molar-refractivity contribution in [2.75, 3.05) is 39.4 Å². The molecule has 1 aliphatic heterocycles. The van der Waals surface area contributed by atoms with E-state index in [-0.39, 0.29) is 12.0 Å². The number of anilines is 1. The van der Waals surface area contributed by atoms with Crippen LogP contribution in [0.2, 0.25) is 0 Å². The summed E-state index contributed by atoms with van der Waals surface area (Å²) in [6.45, 7) is 7.19. The van der Waals surface area contributed by atoms with Gasteiger partial charge in [0, 0.05) is 13.2 Å². The third-order valence-electron chi connectivity index (χ3n) is 5.24. The highest BCUT2D eigenvalue weighted by Crippen LogP contribution is 2.39. The first kappa shape index (κ1) is 22.1. The fourth-order valence-corrected chi connectivity index (χ4v) is 3.57. The molecule has 1 fully saturated rings. The molecule has 0 radical (unpaired) electrons. The zero-order chi connectivity index (χ0) is 21.7. The fraction of sp³-hybridized carbons (Fsp3) is 0.478. The summed E-state index contributed by atoms with van der Waals surface area (Å²) in [6, 6.07) is 11.5. The monoisotopic (exact) mass is 414 g/mol. The van der Waals surface area contributed by atoms with Crippen molar-refractivity contribution in [3.8, 4) is 11.8 Å². The summed E-state index contributed by atoms with van der Waals surface area (Å²) in [7, 11) is 3.14. The Morgan fingerprint density at radius 3 is 2.50 bits per heavy atom. The summed E-state index contributed by atoms with van der Waals surface area (Å²) in [5.41, 5.74) is 1.89. The Balaban J connectivity index is 1.91. The van der Waals surface area contributed by atoms with Gasteiger partial charge in [0.1, 0.15) is 17.2 Å². The van der Waals surface area contributed by atoms with Crippen molar-refractivity contribution in [3.63, 3.8) is 0 Å². The first-order chi connectivity index (χ1) is 14.4. The van der Waals surface area contributed by atoms with E-state index in [4.69, 9.17) is 18.9 Å². The number of nitrogens with zero attached hydrogens (tertiary/aromatic N) is 1. The number of pyridine rings is 1. The molecule has 1 aromatic carbocycles. The number of methoxy groups -OCH3 is 2. The number of benzene rings is 1. The molecule has 1 N–H and O–H groups in total. The molecule has 1 amide bonds. The summed E-state index contributed by atoms with van der Waals surface area (Å²) in [4.78, 5) is 17.8. The lowest BCUT2D eigenvalue weighted by Crippen LogP contribution is -2.56. The number of carbonyl (C=O) groups excluding carboxylic acids is 1. The minimum atomic E-state index is -0.740. The highest BCUT2D eigenvalue weighted by Gasteiger charge is 2.49. The van der Waals surface area contributed by atoms with Gasteiger partial charge in [0.2, 0.25) is 17.7 Å². The molecule has 0 unspecified atom stereocenters. The maximum Gasteiger partial charge on any atom is 0.241 e. The lowest BCUT2D eigenvalue weighted by Gasteiger charge is -2.41. The van der Waals surface area contributed by atoms with E-state index in [1.807, 2.05) is 25.1 Å². The van der Waals surface area contributed by atoms with Crippen LogP contribution in [-0.2, 0) is 19.7 Å². The number of rotatable bonds is 9. The van der Waals surface area contributed by atoms with E-state index >= 15 is 0 Å². The number of aromatic nitrogens is 1. The molecule has 3 rings (SSSR count). The number of hydrogen-bond donors (Lipinski definition) is 1. The van der Waals surface area contributed by atoms with Crippen LogP contribution in [0.5, 0.6) is 11.8 Å². The standard InChI is InChI=1S/C23H30N2O5/c1-15(2)17-8-6-7-9-18(17)23(13-29-14-23)22(26)24-19-10-11-20(28-5)25-21(19)30-16(3)12-27-4/h6-11,15-16H,12-14H2,1-5H3,(H,24,26)/t16-/m0/s1. The van der Waals surface area contributed by atoms with E-state index in [2.05, 4.69) is 30.2 Å². The SMILES string of the molecule is COC[C@H](C)Oc1nc(OC)ccc1NC(=O)C1(c2ccccc2C(C)C)COC1. The Morgan fingerprint density at radius 1 is 1.17 bits per heavy atom. The zero-order valence-corrected chi connectivity index (χ0v) is 18.2. The van der Waals surface area contributed by atoms with Crippen molar-refractivity contribution in [1.82, 2.24) is 4.98 Å². The predicted octanol–water partition coefficient (Wildman–Crippen LogP) is 3.53. The normalized spacial score (nSPS) is 15.9. The Bertz CT molecular complexity index is 880. The molecule has 0 bridgehead atoms. The Labute approximate surface area is 177 Å². The molecule has 1 saturated heterocycles. The molecule has 1 aliphatic rings. The number of nitrogens with one attached hydrogen (secondary N) is 1. The second-order valence-electron chi connectivity index (χ2n) is 7.86. The minimum absolute atomic E-state index is 0.141. The number of hydrogen-bond acceptors (Lipinski definition) is 6. The first-order valence-corrected chi connectivity index (χ1v) is 10.1. The van der Waals surface area contributed by atoms with Gasteiger partial charge in [0.15, 0.2) is 0 Å². The first-order valence-electron chi connectivity index (χ1n) is 10.1. The van der Waals surface area contributed by atoms with Crippen molar-refractivity contribution in [3.05, 3.63) is 47.5 Å². The van der Waals surface area contributed by atoms with Gasteiger partial charge in [0.25, 0.3) is 0 Å². The number of amides is 1. The van der Waals surface area contributed by atoms with Crippen LogP contribution in [-0.4, -0.2) is 51.0 Å². The minimum Gasteiger partial charge on any atom is -0.481 e. The van der Waals surface area contributed by atoms with E-state index in [0.29, 0.717) is 43.2 Å². The van der Waals surface area contributed by atoms with Crippen molar-refractivity contribution >= 4 is 11.6 Å². The van der Waals surface area contributed by atoms with Crippen LogP contribution in [0.3, 0.4) is 0 Å². The van der Waals surface area contributed by atoms with E-state index < -0.39 is 5.41 Å². The summed E-state index contributed by atoms with van der Waals surface area (Å²) in [6.07, 6.45) is -0.243. The van der Waals surface area contributed by atoms with Crippen LogP contribution in [0.15, 0.2) is 36.4 Å². The molecule has 0 saturated carbocycles. The highest BCUT2D eigenvalue weighted by atomic mass is 16.5. The molecule has 2 heterocycles. The molecule has 7 heteroatoms. The van der Waals surface area contributed by atoms with Crippen molar-refractivity contribution < 1.29 is 23.7 Å². The zero-order valence-electron chi connectivity index (χ0n) is 18.2. The molecular formula is C23H30N2O5. The molecule has 7 nitrogen and oxygen atoms in total. The topological polar surface area (TPSA) is 78.9 Å². The van der Waals surface area contributed by atoms with Crippen molar-refractivity contribution in [2.45, 2.75) is 38.2 Å². The van der Waals surface area contributed by atoms with E-state index in [0.717, 1.165) is 11.1 Å². The number of ether oxygens (including phenoxy) is 4. The Hall–Kier alpha value is -2.64. The fourth-order valence-electron chi connectivity index (χ4n) is 3.57. The maximum atomic E-state index is 13.5. The molecule has 162 valence electrons. The largest absolute Gasteiger partial charge is 0.481 e. The third kappa shape index (κ3) is 4.42. The van der Waals surface area contributed by atoms with Gasteiger partial charge < -0.3 is 24.3 Å². The summed E-state index contributed by atoms with van der Waals surface area (Å²) >= 11 is 0.